The molecule has 1 unspecified atom stereocenters. The highest BCUT2D eigenvalue weighted by Crippen LogP contribution is 2.35. The third-order valence-corrected chi connectivity index (χ3v) is 5.23. The lowest BCUT2D eigenvalue weighted by Crippen LogP contribution is -2.53. The number of urea groups is 1. The van der Waals surface area contributed by atoms with Crippen molar-refractivity contribution in [3.63, 3.8) is 0 Å². The number of amides is 2. The van der Waals surface area contributed by atoms with Crippen LogP contribution in [0, 0.1) is 11.8 Å². The topological polar surface area (TPSA) is 58.4 Å². The highest BCUT2D eigenvalue weighted by atomic mass is 35.5. The molecule has 4 nitrogen and oxygen atoms in total. The van der Waals surface area contributed by atoms with E-state index in [9.17, 15) is 4.79 Å². The van der Waals surface area contributed by atoms with Gasteiger partial charge in [0.15, 0.2) is 0 Å². The largest absolute Gasteiger partial charge is 0.334 e. The smallest absolute Gasteiger partial charge is 0.317 e. The Morgan fingerprint density at radius 2 is 1.95 bits per heavy atom. The van der Waals surface area contributed by atoms with Gasteiger partial charge in [0.05, 0.1) is 0 Å². The summed E-state index contributed by atoms with van der Waals surface area (Å²) in [5, 5.41) is 4.10. The Balaban J connectivity index is 1.57. The summed E-state index contributed by atoms with van der Waals surface area (Å²) in [5.41, 5.74) is 7.02. The van der Waals surface area contributed by atoms with Crippen LogP contribution in [0.15, 0.2) is 18.2 Å². The number of halogens is 2. The first-order chi connectivity index (χ1) is 10.0. The van der Waals surface area contributed by atoms with Crippen LogP contribution in [0.2, 0.25) is 10.0 Å². The molecule has 2 aliphatic rings. The molecule has 3 atom stereocenters. The minimum Gasteiger partial charge on any atom is -0.334 e. The fourth-order valence-electron chi connectivity index (χ4n) is 3.38. The maximum absolute atomic E-state index is 12.3. The van der Waals surface area contributed by atoms with Crippen LogP contribution in [0.3, 0.4) is 0 Å². The van der Waals surface area contributed by atoms with Gasteiger partial charge >= 0.3 is 6.03 Å². The molecule has 1 saturated heterocycles. The first-order valence-corrected chi connectivity index (χ1v) is 8.02. The van der Waals surface area contributed by atoms with E-state index in [2.05, 4.69) is 5.32 Å². The summed E-state index contributed by atoms with van der Waals surface area (Å²) in [4.78, 5) is 14.2. The van der Waals surface area contributed by atoms with Crippen LogP contribution in [-0.2, 0) is 6.54 Å². The number of rotatable bonds is 2. The van der Waals surface area contributed by atoms with Gasteiger partial charge in [0.1, 0.15) is 0 Å². The Kier molecular flexibility index (Phi) is 4.29. The lowest BCUT2D eigenvalue weighted by Gasteiger charge is -2.36. The highest BCUT2D eigenvalue weighted by Gasteiger charge is 2.41. The lowest BCUT2D eigenvalue weighted by atomic mass is 9.93. The maximum atomic E-state index is 12.3. The number of nitrogens with two attached hydrogens (primary N) is 1. The molecule has 114 valence electrons. The summed E-state index contributed by atoms with van der Waals surface area (Å²) in [6.07, 6.45) is 2.28. The normalized spacial score (nSPS) is 27.8. The number of fused-ring (bicyclic) bond motifs is 2. The van der Waals surface area contributed by atoms with Crippen molar-refractivity contribution in [2.75, 3.05) is 13.1 Å². The molecule has 2 bridgehead atoms. The highest BCUT2D eigenvalue weighted by molar-refractivity contribution is 6.35. The Morgan fingerprint density at radius 1 is 1.29 bits per heavy atom. The molecular weight excluding hydrogens is 309 g/mol. The number of nitrogens with zero attached hydrogens (tertiary/aromatic N) is 1. The van der Waals surface area contributed by atoms with Gasteiger partial charge in [-0.25, -0.2) is 4.79 Å². The Hall–Kier alpha value is -0.970. The number of likely N-dealkylation sites (tertiary alicyclic amines) is 1. The Bertz CT molecular complexity index is 538. The van der Waals surface area contributed by atoms with Gasteiger partial charge in [-0.05, 0) is 42.4 Å². The second kappa shape index (κ2) is 6.03. The monoisotopic (exact) mass is 327 g/mol. The number of nitrogens with one attached hydrogen (secondary N) is 1. The number of hydrogen-bond acceptors (Lipinski definition) is 2. The number of benzene rings is 1. The van der Waals surface area contributed by atoms with Crippen molar-refractivity contribution in [2.45, 2.75) is 25.4 Å². The molecule has 3 N–H and O–H groups in total. The molecule has 2 amide bonds. The third-order valence-electron chi connectivity index (χ3n) is 4.64. The fraction of sp³-hybridized carbons (Fsp3) is 0.533. The van der Waals surface area contributed by atoms with E-state index in [0.29, 0.717) is 28.4 Å². The predicted molar refractivity (Wildman–Crippen MR) is 84.5 cm³/mol. The molecule has 1 aromatic carbocycles. The van der Waals surface area contributed by atoms with Gasteiger partial charge in [0, 0.05) is 35.7 Å². The minimum absolute atomic E-state index is 0.0372. The van der Waals surface area contributed by atoms with E-state index in [1.165, 1.54) is 0 Å². The van der Waals surface area contributed by atoms with Crippen molar-refractivity contribution in [1.82, 2.24) is 10.2 Å². The van der Waals surface area contributed by atoms with Crippen LogP contribution in [-0.4, -0.2) is 30.1 Å². The molecule has 1 aliphatic carbocycles. The quantitative estimate of drug-likeness (QED) is 0.877. The summed E-state index contributed by atoms with van der Waals surface area (Å²) in [7, 11) is 0. The van der Waals surface area contributed by atoms with E-state index < -0.39 is 0 Å². The van der Waals surface area contributed by atoms with Crippen LogP contribution < -0.4 is 11.1 Å². The van der Waals surface area contributed by atoms with Crippen molar-refractivity contribution < 1.29 is 4.79 Å². The molecule has 1 aliphatic heterocycles. The average molecular weight is 328 g/mol. The number of carbonyl (C=O) groups is 1. The van der Waals surface area contributed by atoms with E-state index >= 15 is 0 Å². The molecule has 0 aromatic heterocycles. The molecule has 0 spiro atoms. The minimum atomic E-state index is -0.0372. The number of piperidine rings is 1. The summed E-state index contributed by atoms with van der Waals surface area (Å²) in [5.74, 6) is 0.905. The van der Waals surface area contributed by atoms with Crippen LogP contribution >= 0.6 is 23.2 Å². The summed E-state index contributed by atoms with van der Waals surface area (Å²) in [6.45, 7) is 1.93. The second-order valence-electron chi connectivity index (χ2n) is 5.97. The molecule has 3 rings (SSSR count). The average Bonchev–Trinajstić information content (AvgIpc) is 2.67. The van der Waals surface area contributed by atoms with Gasteiger partial charge in [-0.2, -0.15) is 0 Å². The van der Waals surface area contributed by atoms with Gasteiger partial charge < -0.3 is 16.0 Å². The van der Waals surface area contributed by atoms with Crippen LogP contribution in [0.4, 0.5) is 4.79 Å². The molecule has 6 heteroatoms. The second-order valence-corrected chi connectivity index (χ2v) is 6.82. The van der Waals surface area contributed by atoms with E-state index in [4.69, 9.17) is 28.9 Å². The van der Waals surface area contributed by atoms with E-state index in [1.807, 2.05) is 11.0 Å². The number of hydrogen-bond donors (Lipinski definition) is 2. The standard InChI is InChI=1S/C15H19Cl2N3O/c16-12-4-3-9(13(17)5-12)6-19-15(21)20-7-10-1-2-11(8-20)14(10)18/h3-5,10-11,14H,1-2,6-8,18H2,(H,19,21)/t10-,11+,14?. The zero-order valence-corrected chi connectivity index (χ0v) is 13.2. The number of carbonyl (C=O) groups excluding carboxylic acids is 1. The van der Waals surface area contributed by atoms with E-state index in [1.54, 1.807) is 12.1 Å². The van der Waals surface area contributed by atoms with E-state index in [-0.39, 0.29) is 12.1 Å². The zero-order valence-electron chi connectivity index (χ0n) is 11.7. The first kappa shape index (κ1) is 14.9. The zero-order chi connectivity index (χ0) is 15.0. The van der Waals surface area contributed by atoms with Crippen molar-refractivity contribution in [3.05, 3.63) is 33.8 Å². The lowest BCUT2D eigenvalue weighted by molar-refractivity contribution is 0.150. The maximum Gasteiger partial charge on any atom is 0.317 e. The van der Waals surface area contributed by atoms with Gasteiger partial charge in [-0.15, -0.1) is 0 Å². The van der Waals surface area contributed by atoms with Crippen LogP contribution in [0.25, 0.3) is 0 Å². The Morgan fingerprint density at radius 3 is 2.57 bits per heavy atom. The Labute approximate surface area is 134 Å². The van der Waals surface area contributed by atoms with Gasteiger partial charge in [0.2, 0.25) is 0 Å². The van der Waals surface area contributed by atoms with Gasteiger partial charge in [-0.1, -0.05) is 29.3 Å². The predicted octanol–water partition coefficient (Wildman–Crippen LogP) is 2.87. The first-order valence-electron chi connectivity index (χ1n) is 7.27. The molecule has 1 aromatic rings. The third kappa shape index (κ3) is 3.12. The van der Waals surface area contributed by atoms with Crippen molar-refractivity contribution in [2.24, 2.45) is 17.6 Å². The molecule has 1 heterocycles. The van der Waals surface area contributed by atoms with Crippen molar-refractivity contribution >= 4 is 29.2 Å². The van der Waals surface area contributed by atoms with Gasteiger partial charge in [-0.3, -0.25) is 0 Å². The molecule has 2 fully saturated rings. The van der Waals surface area contributed by atoms with Crippen LogP contribution in [0.5, 0.6) is 0 Å². The fourth-order valence-corrected chi connectivity index (χ4v) is 3.85. The molecule has 21 heavy (non-hydrogen) atoms. The van der Waals surface area contributed by atoms with Crippen molar-refractivity contribution in [1.29, 1.82) is 0 Å². The summed E-state index contributed by atoms with van der Waals surface area (Å²) < 4.78 is 0. The molecular formula is C15H19Cl2N3O. The van der Waals surface area contributed by atoms with E-state index in [0.717, 1.165) is 31.5 Å². The summed E-state index contributed by atoms with van der Waals surface area (Å²) in [6, 6.07) is 5.52. The summed E-state index contributed by atoms with van der Waals surface area (Å²) >= 11 is 12.0. The molecule has 0 radical (unpaired) electrons. The van der Waals surface area contributed by atoms with Crippen LogP contribution in [0.1, 0.15) is 18.4 Å². The van der Waals surface area contributed by atoms with Gasteiger partial charge in [0.25, 0.3) is 0 Å². The molecule has 1 saturated carbocycles. The van der Waals surface area contributed by atoms with Crippen molar-refractivity contribution in [3.8, 4) is 0 Å². The SMILES string of the molecule is NC1[C@@H]2CC[C@H]1CN(C(=O)NCc1ccc(Cl)cc1Cl)C2.